The molecule has 4 heteroatoms. The zero-order valence-electron chi connectivity index (χ0n) is 11.9. The van der Waals surface area contributed by atoms with Crippen LogP contribution in [-0.2, 0) is 6.61 Å². The van der Waals surface area contributed by atoms with Crippen LogP contribution in [0.1, 0.15) is 35.9 Å². The van der Waals surface area contributed by atoms with Gasteiger partial charge in [0.05, 0.1) is 18.0 Å². The minimum Gasteiger partial charge on any atom is -0.390 e. The van der Waals surface area contributed by atoms with Crippen LogP contribution in [-0.4, -0.2) is 14.5 Å². The Bertz CT molecular complexity index is 738. The lowest BCUT2D eigenvalue weighted by atomic mass is 10.0. The molecular formula is C16H18N2OS. The fraction of sp³-hybridized carbons (Fsp3) is 0.312. The Hall–Kier alpha value is -1.65. The van der Waals surface area contributed by atoms with E-state index < -0.39 is 0 Å². The van der Waals surface area contributed by atoms with Crippen LogP contribution in [0.5, 0.6) is 0 Å². The number of imidazole rings is 1. The second kappa shape index (κ2) is 5.04. The predicted octanol–water partition coefficient (Wildman–Crippen LogP) is 3.99. The number of hydrogen-bond acceptors (Lipinski definition) is 3. The van der Waals surface area contributed by atoms with Gasteiger partial charge in [0.2, 0.25) is 0 Å². The van der Waals surface area contributed by atoms with Gasteiger partial charge in [0.15, 0.2) is 4.96 Å². The molecule has 3 aromatic rings. The average molecular weight is 286 g/mol. The number of fused-ring (bicyclic) bond motifs is 1. The maximum Gasteiger partial charge on any atom is 0.194 e. The summed E-state index contributed by atoms with van der Waals surface area (Å²) in [6.07, 6.45) is 1.92. The number of aromatic nitrogens is 2. The molecule has 0 saturated heterocycles. The highest BCUT2D eigenvalue weighted by Gasteiger charge is 2.13. The zero-order chi connectivity index (χ0) is 14.3. The number of rotatable bonds is 3. The summed E-state index contributed by atoms with van der Waals surface area (Å²) in [4.78, 5) is 6.60. The summed E-state index contributed by atoms with van der Waals surface area (Å²) in [5.41, 5.74) is 4.43. The van der Waals surface area contributed by atoms with E-state index in [1.54, 1.807) is 11.3 Å². The second-order valence-electron chi connectivity index (χ2n) is 5.33. The van der Waals surface area contributed by atoms with Crippen molar-refractivity contribution in [2.75, 3.05) is 0 Å². The van der Waals surface area contributed by atoms with Crippen LogP contribution >= 0.6 is 11.3 Å². The van der Waals surface area contributed by atoms with Crippen LogP contribution < -0.4 is 0 Å². The minimum atomic E-state index is -0.0147. The normalized spacial score (nSPS) is 11.7. The van der Waals surface area contributed by atoms with Gasteiger partial charge in [-0.3, -0.25) is 4.40 Å². The Morgan fingerprint density at radius 3 is 2.55 bits per heavy atom. The van der Waals surface area contributed by atoms with Gasteiger partial charge in [-0.15, -0.1) is 11.3 Å². The summed E-state index contributed by atoms with van der Waals surface area (Å²) in [6.45, 7) is 6.50. The summed E-state index contributed by atoms with van der Waals surface area (Å²) >= 11 is 1.66. The van der Waals surface area contributed by atoms with Crippen LogP contribution in [0.25, 0.3) is 16.2 Å². The van der Waals surface area contributed by atoms with Gasteiger partial charge < -0.3 is 5.11 Å². The lowest BCUT2D eigenvalue weighted by Crippen LogP contribution is -1.90. The van der Waals surface area contributed by atoms with Crippen LogP contribution in [0.3, 0.4) is 0 Å². The highest BCUT2D eigenvalue weighted by molar-refractivity contribution is 7.17. The summed E-state index contributed by atoms with van der Waals surface area (Å²) in [7, 11) is 0. The van der Waals surface area contributed by atoms with E-state index in [0.29, 0.717) is 5.92 Å². The van der Waals surface area contributed by atoms with E-state index in [4.69, 9.17) is 0 Å². The van der Waals surface area contributed by atoms with E-state index >= 15 is 0 Å². The lowest BCUT2D eigenvalue weighted by Gasteiger charge is -2.07. The van der Waals surface area contributed by atoms with E-state index in [1.165, 1.54) is 21.7 Å². The second-order valence-corrected chi connectivity index (χ2v) is 6.51. The third-order valence-electron chi connectivity index (χ3n) is 3.56. The standard InChI is InChI=1S/C16H18N2OS/c1-10(2)12-4-6-13(7-5-12)15-11(3)20-16-17-14(9-19)8-18(15)16/h4-8,10,19H,9H2,1-3H3. The summed E-state index contributed by atoms with van der Waals surface area (Å²) in [5, 5.41) is 9.21. The molecule has 0 aliphatic rings. The van der Waals surface area contributed by atoms with Crippen molar-refractivity contribution in [2.45, 2.75) is 33.3 Å². The first-order valence-corrected chi connectivity index (χ1v) is 7.60. The quantitative estimate of drug-likeness (QED) is 0.790. The first-order valence-electron chi connectivity index (χ1n) is 6.78. The topological polar surface area (TPSA) is 37.5 Å². The number of aryl methyl sites for hydroxylation is 1. The zero-order valence-corrected chi connectivity index (χ0v) is 12.7. The number of aliphatic hydroxyl groups is 1. The molecule has 3 rings (SSSR count). The van der Waals surface area contributed by atoms with Crippen molar-refractivity contribution in [1.82, 2.24) is 9.38 Å². The van der Waals surface area contributed by atoms with Crippen molar-refractivity contribution >= 4 is 16.3 Å². The Balaban J connectivity index is 2.12. The van der Waals surface area contributed by atoms with E-state index in [0.717, 1.165) is 10.7 Å². The van der Waals surface area contributed by atoms with Crippen molar-refractivity contribution in [3.8, 4) is 11.3 Å². The molecule has 1 aromatic carbocycles. The number of benzene rings is 1. The maximum absolute atomic E-state index is 9.21. The molecule has 3 nitrogen and oxygen atoms in total. The van der Waals surface area contributed by atoms with Gasteiger partial charge in [-0.25, -0.2) is 4.98 Å². The number of thiazole rings is 1. The fourth-order valence-electron chi connectivity index (χ4n) is 2.44. The van der Waals surface area contributed by atoms with E-state index in [-0.39, 0.29) is 6.61 Å². The van der Waals surface area contributed by atoms with Crippen molar-refractivity contribution in [3.05, 3.63) is 46.6 Å². The van der Waals surface area contributed by atoms with Crippen LogP contribution in [0.15, 0.2) is 30.5 Å². The monoisotopic (exact) mass is 286 g/mol. The molecule has 0 unspecified atom stereocenters. The van der Waals surface area contributed by atoms with Gasteiger partial charge in [-0.2, -0.15) is 0 Å². The summed E-state index contributed by atoms with van der Waals surface area (Å²) in [5.74, 6) is 0.543. The van der Waals surface area contributed by atoms with Crippen LogP contribution in [0.2, 0.25) is 0 Å². The molecule has 20 heavy (non-hydrogen) atoms. The molecule has 0 saturated carbocycles. The van der Waals surface area contributed by atoms with Crippen LogP contribution in [0.4, 0.5) is 0 Å². The Morgan fingerprint density at radius 2 is 1.95 bits per heavy atom. The SMILES string of the molecule is Cc1sc2nc(CO)cn2c1-c1ccc(C(C)C)cc1. The highest BCUT2D eigenvalue weighted by atomic mass is 32.1. The molecule has 0 bridgehead atoms. The molecule has 2 heterocycles. The van der Waals surface area contributed by atoms with Gasteiger partial charge in [0, 0.05) is 11.1 Å². The number of nitrogens with zero attached hydrogens (tertiary/aromatic N) is 2. The van der Waals surface area contributed by atoms with Gasteiger partial charge in [0.25, 0.3) is 0 Å². The Labute approximate surface area is 122 Å². The Kier molecular flexibility index (Phi) is 3.36. The number of aliphatic hydroxyl groups excluding tert-OH is 1. The van der Waals surface area contributed by atoms with Gasteiger partial charge in [-0.05, 0) is 24.0 Å². The Morgan fingerprint density at radius 1 is 1.25 bits per heavy atom. The van der Waals surface area contributed by atoms with E-state index in [9.17, 15) is 5.11 Å². The maximum atomic E-state index is 9.21. The third kappa shape index (κ3) is 2.15. The summed E-state index contributed by atoms with van der Waals surface area (Å²) in [6, 6.07) is 8.71. The first-order chi connectivity index (χ1) is 9.60. The molecule has 0 aliphatic heterocycles. The van der Waals surface area contributed by atoms with Gasteiger partial charge >= 0.3 is 0 Å². The molecule has 0 fully saturated rings. The third-order valence-corrected chi connectivity index (χ3v) is 4.53. The largest absolute Gasteiger partial charge is 0.390 e. The minimum absolute atomic E-state index is 0.0147. The highest BCUT2D eigenvalue weighted by Crippen LogP contribution is 2.32. The predicted molar refractivity (Wildman–Crippen MR) is 83.3 cm³/mol. The van der Waals surface area contributed by atoms with E-state index in [1.807, 2.05) is 6.20 Å². The molecule has 0 atom stereocenters. The van der Waals surface area contributed by atoms with Gasteiger partial charge in [-0.1, -0.05) is 38.1 Å². The fourth-order valence-corrected chi connectivity index (χ4v) is 3.43. The molecule has 0 aliphatic carbocycles. The first kappa shape index (κ1) is 13.3. The van der Waals surface area contributed by atoms with Crippen molar-refractivity contribution in [2.24, 2.45) is 0 Å². The molecule has 104 valence electrons. The van der Waals surface area contributed by atoms with Crippen molar-refractivity contribution in [3.63, 3.8) is 0 Å². The average Bonchev–Trinajstić information content (AvgIpc) is 2.94. The molecule has 0 amide bonds. The lowest BCUT2D eigenvalue weighted by molar-refractivity contribution is 0.277. The molecular weight excluding hydrogens is 268 g/mol. The smallest absolute Gasteiger partial charge is 0.194 e. The summed E-state index contributed by atoms with van der Waals surface area (Å²) < 4.78 is 2.08. The molecule has 1 N–H and O–H groups in total. The molecule has 0 spiro atoms. The van der Waals surface area contributed by atoms with Gasteiger partial charge in [0.1, 0.15) is 0 Å². The van der Waals surface area contributed by atoms with Crippen molar-refractivity contribution in [1.29, 1.82) is 0 Å². The van der Waals surface area contributed by atoms with E-state index in [2.05, 4.69) is 54.4 Å². The van der Waals surface area contributed by atoms with Crippen molar-refractivity contribution < 1.29 is 5.11 Å². The number of hydrogen-bond donors (Lipinski definition) is 1. The molecule has 0 radical (unpaired) electrons. The molecule has 2 aromatic heterocycles. The van der Waals surface area contributed by atoms with Crippen LogP contribution in [0, 0.1) is 6.92 Å².